The number of nitrogens with zero attached hydrogens (tertiary/aromatic N) is 1. The van der Waals surface area contributed by atoms with E-state index in [-0.39, 0.29) is 18.3 Å². The van der Waals surface area contributed by atoms with Gasteiger partial charge in [-0.2, -0.15) is 0 Å². The lowest BCUT2D eigenvalue weighted by molar-refractivity contribution is -0.144. The van der Waals surface area contributed by atoms with Gasteiger partial charge in [0.2, 0.25) is 5.91 Å². The molecule has 20 heavy (non-hydrogen) atoms. The van der Waals surface area contributed by atoms with Crippen LogP contribution in [0.1, 0.15) is 18.9 Å². The number of hydrogen-bond donors (Lipinski definition) is 0. The zero-order valence-electron chi connectivity index (χ0n) is 11.9. The molecular weight excluding hydrogens is 254 g/mol. The zero-order chi connectivity index (χ0) is 14.8. The van der Waals surface area contributed by atoms with E-state index in [4.69, 9.17) is 4.74 Å². The third-order valence-electron chi connectivity index (χ3n) is 2.79. The quantitative estimate of drug-likeness (QED) is 0.540. The van der Waals surface area contributed by atoms with Crippen LogP contribution in [0.5, 0.6) is 0 Å². The maximum Gasteiger partial charge on any atom is 0.307 e. The third kappa shape index (κ3) is 5.69. The van der Waals surface area contributed by atoms with Crippen LogP contribution in [0.2, 0.25) is 0 Å². The van der Waals surface area contributed by atoms with Crippen LogP contribution in [0, 0.1) is 0 Å². The second kappa shape index (κ2) is 8.91. The van der Waals surface area contributed by atoms with Crippen LogP contribution in [-0.2, 0) is 20.7 Å². The average Bonchev–Trinajstić information content (AvgIpc) is 2.44. The molecule has 1 amide bonds. The van der Waals surface area contributed by atoms with E-state index in [1.165, 1.54) is 0 Å². The first-order valence-corrected chi connectivity index (χ1v) is 6.75. The van der Waals surface area contributed by atoms with Gasteiger partial charge in [0.15, 0.2) is 0 Å². The monoisotopic (exact) mass is 275 g/mol. The number of benzene rings is 1. The van der Waals surface area contributed by atoms with Crippen LogP contribution in [-0.4, -0.2) is 36.5 Å². The molecule has 0 aromatic heterocycles. The second-order valence-electron chi connectivity index (χ2n) is 4.35. The summed E-state index contributed by atoms with van der Waals surface area (Å²) in [7, 11) is 0. The highest BCUT2D eigenvalue weighted by Gasteiger charge is 2.14. The first-order valence-electron chi connectivity index (χ1n) is 6.75. The summed E-state index contributed by atoms with van der Waals surface area (Å²) in [6.45, 7) is 6.56. The summed E-state index contributed by atoms with van der Waals surface area (Å²) in [4.78, 5) is 25.2. The van der Waals surface area contributed by atoms with Gasteiger partial charge >= 0.3 is 5.97 Å². The van der Waals surface area contributed by atoms with Crippen molar-refractivity contribution in [2.45, 2.75) is 19.8 Å². The van der Waals surface area contributed by atoms with Crippen molar-refractivity contribution in [2.75, 3.05) is 19.7 Å². The molecule has 0 unspecified atom stereocenters. The minimum absolute atomic E-state index is 0.0135. The van der Waals surface area contributed by atoms with Gasteiger partial charge in [-0.25, -0.2) is 0 Å². The molecule has 0 N–H and O–H groups in total. The topological polar surface area (TPSA) is 46.6 Å². The van der Waals surface area contributed by atoms with Crippen LogP contribution >= 0.6 is 0 Å². The molecule has 0 atom stereocenters. The minimum Gasteiger partial charge on any atom is -0.466 e. The van der Waals surface area contributed by atoms with Crippen molar-refractivity contribution in [2.24, 2.45) is 0 Å². The summed E-state index contributed by atoms with van der Waals surface area (Å²) in [6.07, 6.45) is 2.20. The highest BCUT2D eigenvalue weighted by atomic mass is 16.5. The lowest BCUT2D eigenvalue weighted by atomic mass is 10.1. The van der Waals surface area contributed by atoms with Crippen molar-refractivity contribution < 1.29 is 14.3 Å². The van der Waals surface area contributed by atoms with Gasteiger partial charge in [-0.05, 0) is 12.5 Å². The van der Waals surface area contributed by atoms with Crippen LogP contribution in [0.4, 0.5) is 0 Å². The minimum atomic E-state index is -0.283. The molecule has 1 aromatic carbocycles. The number of esters is 1. The largest absolute Gasteiger partial charge is 0.466 e. The number of hydrogen-bond acceptors (Lipinski definition) is 3. The number of rotatable bonds is 8. The Morgan fingerprint density at radius 3 is 2.60 bits per heavy atom. The van der Waals surface area contributed by atoms with E-state index in [9.17, 15) is 9.59 Å². The fraction of sp³-hybridized carbons (Fsp3) is 0.375. The summed E-state index contributed by atoms with van der Waals surface area (Å²) in [6, 6.07) is 9.54. The van der Waals surface area contributed by atoms with Crippen molar-refractivity contribution in [1.82, 2.24) is 4.90 Å². The molecule has 4 heteroatoms. The lowest BCUT2D eigenvalue weighted by Crippen LogP contribution is -2.34. The maximum atomic E-state index is 12.2. The molecule has 1 rings (SSSR count). The zero-order valence-corrected chi connectivity index (χ0v) is 11.9. The predicted octanol–water partition coefficient (Wildman–Crippen LogP) is 2.20. The van der Waals surface area contributed by atoms with Crippen molar-refractivity contribution in [3.8, 4) is 0 Å². The Morgan fingerprint density at radius 1 is 1.30 bits per heavy atom. The Hall–Kier alpha value is -2.10. The number of carbonyl (C=O) groups is 2. The maximum absolute atomic E-state index is 12.2. The summed E-state index contributed by atoms with van der Waals surface area (Å²) in [5, 5.41) is 0. The second-order valence-corrected chi connectivity index (χ2v) is 4.35. The average molecular weight is 275 g/mol. The molecule has 0 aliphatic carbocycles. The van der Waals surface area contributed by atoms with Crippen molar-refractivity contribution >= 4 is 11.9 Å². The molecule has 0 radical (unpaired) electrons. The Labute approximate surface area is 120 Å². The number of amides is 1. The molecule has 0 fully saturated rings. The van der Waals surface area contributed by atoms with Crippen LogP contribution in [0.15, 0.2) is 43.0 Å². The van der Waals surface area contributed by atoms with Gasteiger partial charge in [0.1, 0.15) is 0 Å². The van der Waals surface area contributed by atoms with Crippen LogP contribution < -0.4 is 0 Å². The van der Waals surface area contributed by atoms with Crippen molar-refractivity contribution in [1.29, 1.82) is 0 Å². The highest BCUT2D eigenvalue weighted by molar-refractivity contribution is 5.79. The van der Waals surface area contributed by atoms with E-state index in [0.29, 0.717) is 26.1 Å². The molecule has 0 aliphatic rings. The van der Waals surface area contributed by atoms with Gasteiger partial charge < -0.3 is 9.64 Å². The van der Waals surface area contributed by atoms with Gasteiger partial charge in [-0.1, -0.05) is 36.4 Å². The molecule has 0 bridgehead atoms. The van der Waals surface area contributed by atoms with E-state index in [2.05, 4.69) is 6.58 Å². The molecular formula is C16H21NO3. The lowest BCUT2D eigenvalue weighted by Gasteiger charge is -2.20. The first-order chi connectivity index (χ1) is 9.67. The SMILES string of the molecule is C=CCN(CCC(=O)OCC)C(=O)Cc1ccccc1. The summed E-state index contributed by atoms with van der Waals surface area (Å²) >= 11 is 0. The van der Waals surface area contributed by atoms with E-state index in [1.54, 1.807) is 17.9 Å². The third-order valence-corrected chi connectivity index (χ3v) is 2.79. The molecule has 4 nitrogen and oxygen atoms in total. The van der Waals surface area contributed by atoms with E-state index >= 15 is 0 Å². The first kappa shape index (κ1) is 16.0. The predicted molar refractivity (Wildman–Crippen MR) is 78.2 cm³/mol. The standard InChI is InChI=1S/C16H21NO3/c1-3-11-17(12-10-16(19)20-4-2)15(18)13-14-8-6-5-7-9-14/h3,5-9H,1,4,10-13H2,2H3. The fourth-order valence-corrected chi connectivity index (χ4v) is 1.82. The van der Waals surface area contributed by atoms with Gasteiger partial charge in [0.05, 0.1) is 19.4 Å². The molecule has 1 aromatic rings. The Balaban J connectivity index is 2.54. The molecule has 0 saturated heterocycles. The number of carbonyl (C=O) groups excluding carboxylic acids is 2. The Bertz CT molecular complexity index is 442. The van der Waals surface area contributed by atoms with E-state index in [0.717, 1.165) is 5.56 Å². The van der Waals surface area contributed by atoms with E-state index in [1.807, 2.05) is 30.3 Å². The van der Waals surface area contributed by atoms with Gasteiger partial charge in [-0.15, -0.1) is 6.58 Å². The smallest absolute Gasteiger partial charge is 0.307 e. The number of ether oxygens (including phenoxy) is 1. The van der Waals surface area contributed by atoms with Gasteiger partial charge in [-0.3, -0.25) is 9.59 Å². The van der Waals surface area contributed by atoms with Crippen LogP contribution in [0.25, 0.3) is 0 Å². The molecule has 0 saturated carbocycles. The molecule has 0 heterocycles. The van der Waals surface area contributed by atoms with Crippen LogP contribution in [0.3, 0.4) is 0 Å². The van der Waals surface area contributed by atoms with Gasteiger partial charge in [0, 0.05) is 13.1 Å². The summed E-state index contributed by atoms with van der Waals surface area (Å²) in [5.74, 6) is -0.297. The normalized spacial score (nSPS) is 9.85. The summed E-state index contributed by atoms with van der Waals surface area (Å²) < 4.78 is 4.87. The molecule has 0 aliphatic heterocycles. The molecule has 108 valence electrons. The van der Waals surface area contributed by atoms with Crippen molar-refractivity contribution in [3.63, 3.8) is 0 Å². The van der Waals surface area contributed by atoms with Crippen molar-refractivity contribution in [3.05, 3.63) is 48.6 Å². The Morgan fingerprint density at radius 2 is 2.00 bits per heavy atom. The Kier molecular flexibility index (Phi) is 7.11. The molecule has 0 spiro atoms. The highest BCUT2D eigenvalue weighted by Crippen LogP contribution is 2.04. The van der Waals surface area contributed by atoms with E-state index < -0.39 is 0 Å². The summed E-state index contributed by atoms with van der Waals surface area (Å²) in [5.41, 5.74) is 0.961. The fourth-order valence-electron chi connectivity index (χ4n) is 1.82. The van der Waals surface area contributed by atoms with Gasteiger partial charge in [0.25, 0.3) is 0 Å².